The molecular weight excluding hydrogens is 301 g/mol. The third-order valence-corrected chi connectivity index (χ3v) is 3.46. The molecule has 0 saturated carbocycles. The largest absolute Gasteiger partial charge is 0.496 e. The van der Waals surface area contributed by atoms with E-state index in [4.69, 9.17) is 14.2 Å². The Morgan fingerprint density at radius 3 is 2.87 bits per heavy atom. The smallest absolute Gasteiger partial charge is 0.255 e. The van der Waals surface area contributed by atoms with E-state index < -0.39 is 11.7 Å². The number of ether oxygens (including phenoxy) is 3. The van der Waals surface area contributed by atoms with E-state index in [2.05, 4.69) is 5.32 Å². The molecular formula is C17H16FNO4. The van der Waals surface area contributed by atoms with Crippen LogP contribution in [0, 0.1) is 5.82 Å². The molecule has 0 aromatic heterocycles. The second-order valence-corrected chi connectivity index (χ2v) is 5.05. The van der Waals surface area contributed by atoms with Crippen molar-refractivity contribution in [3.8, 4) is 17.2 Å². The Hall–Kier alpha value is -2.76. The molecule has 0 radical (unpaired) electrons. The lowest BCUT2D eigenvalue weighted by Gasteiger charge is -2.26. The number of fused-ring (bicyclic) bond motifs is 1. The van der Waals surface area contributed by atoms with Crippen molar-refractivity contribution in [1.29, 1.82) is 0 Å². The molecule has 0 aliphatic carbocycles. The highest BCUT2D eigenvalue weighted by Gasteiger charge is 2.22. The summed E-state index contributed by atoms with van der Waals surface area (Å²) in [7, 11) is 1.43. The zero-order chi connectivity index (χ0) is 16.2. The highest BCUT2D eigenvalue weighted by molar-refractivity contribution is 5.96. The van der Waals surface area contributed by atoms with Crippen LogP contribution in [0.3, 0.4) is 0 Å². The van der Waals surface area contributed by atoms with Crippen LogP contribution in [0.25, 0.3) is 0 Å². The highest BCUT2D eigenvalue weighted by atomic mass is 19.1. The lowest BCUT2D eigenvalue weighted by atomic mass is 10.1. The van der Waals surface area contributed by atoms with Crippen LogP contribution in [-0.2, 0) is 0 Å². The monoisotopic (exact) mass is 317 g/mol. The number of carbonyl (C=O) groups excluding carboxylic acids is 1. The SMILES string of the molecule is COc1ccc(F)cc1C(=O)NCC1COc2ccccc2O1. The van der Waals surface area contributed by atoms with Gasteiger partial charge in [-0.25, -0.2) is 4.39 Å². The number of para-hydroxylation sites is 2. The van der Waals surface area contributed by atoms with Crippen molar-refractivity contribution < 1.29 is 23.4 Å². The van der Waals surface area contributed by atoms with Crippen LogP contribution in [-0.4, -0.2) is 32.3 Å². The zero-order valence-electron chi connectivity index (χ0n) is 12.5. The summed E-state index contributed by atoms with van der Waals surface area (Å²) in [6.07, 6.45) is -0.312. The fourth-order valence-corrected chi connectivity index (χ4v) is 2.32. The third kappa shape index (κ3) is 3.36. The van der Waals surface area contributed by atoms with Crippen LogP contribution in [0.4, 0.5) is 4.39 Å². The quantitative estimate of drug-likeness (QED) is 0.941. The number of hydrogen-bond donors (Lipinski definition) is 1. The molecule has 2 aromatic rings. The van der Waals surface area contributed by atoms with Crippen molar-refractivity contribution in [3.05, 3.63) is 53.8 Å². The molecule has 0 bridgehead atoms. The summed E-state index contributed by atoms with van der Waals surface area (Å²) in [6.45, 7) is 0.574. The Morgan fingerprint density at radius 2 is 2.09 bits per heavy atom. The number of hydrogen-bond acceptors (Lipinski definition) is 4. The minimum Gasteiger partial charge on any atom is -0.496 e. The number of halogens is 1. The maximum Gasteiger partial charge on any atom is 0.255 e. The van der Waals surface area contributed by atoms with E-state index >= 15 is 0 Å². The second-order valence-electron chi connectivity index (χ2n) is 5.05. The fraction of sp³-hybridized carbons (Fsp3) is 0.235. The molecule has 1 unspecified atom stereocenters. The minimum atomic E-state index is -0.498. The van der Waals surface area contributed by atoms with Gasteiger partial charge in [-0.1, -0.05) is 12.1 Å². The fourth-order valence-electron chi connectivity index (χ4n) is 2.32. The van der Waals surface area contributed by atoms with E-state index in [1.807, 2.05) is 18.2 Å². The molecule has 1 heterocycles. The first-order valence-corrected chi connectivity index (χ1v) is 7.17. The van der Waals surface area contributed by atoms with Gasteiger partial charge in [0, 0.05) is 0 Å². The standard InChI is InChI=1S/C17H16FNO4/c1-21-14-7-6-11(18)8-13(14)17(20)19-9-12-10-22-15-4-2-3-5-16(15)23-12/h2-8,12H,9-10H2,1H3,(H,19,20). The van der Waals surface area contributed by atoms with Gasteiger partial charge in [-0.15, -0.1) is 0 Å². The topological polar surface area (TPSA) is 56.8 Å². The Kier molecular flexibility index (Phi) is 4.32. The van der Waals surface area contributed by atoms with E-state index in [0.717, 1.165) is 6.07 Å². The Labute approximate surface area is 133 Å². The van der Waals surface area contributed by atoms with Gasteiger partial charge in [0.15, 0.2) is 11.5 Å². The molecule has 0 saturated heterocycles. The van der Waals surface area contributed by atoms with Gasteiger partial charge in [0.1, 0.15) is 24.3 Å². The average molecular weight is 317 g/mol. The summed E-state index contributed by atoms with van der Waals surface area (Å²) in [5, 5.41) is 2.71. The molecule has 3 rings (SSSR count). The van der Waals surface area contributed by atoms with Crippen LogP contribution < -0.4 is 19.5 Å². The first-order chi connectivity index (χ1) is 11.2. The number of nitrogens with one attached hydrogen (secondary N) is 1. The molecule has 1 aliphatic rings. The van der Waals surface area contributed by atoms with Gasteiger partial charge in [-0.05, 0) is 30.3 Å². The van der Waals surface area contributed by atoms with Crippen LogP contribution in [0.5, 0.6) is 17.2 Å². The molecule has 120 valence electrons. The van der Waals surface area contributed by atoms with Gasteiger partial charge in [0.2, 0.25) is 0 Å². The first kappa shape index (κ1) is 15.1. The Balaban J connectivity index is 1.63. The van der Waals surface area contributed by atoms with Crippen molar-refractivity contribution in [3.63, 3.8) is 0 Å². The summed E-state index contributed by atoms with van der Waals surface area (Å²) in [5.74, 6) is 0.712. The van der Waals surface area contributed by atoms with Crippen molar-refractivity contribution in [1.82, 2.24) is 5.32 Å². The molecule has 0 spiro atoms. The highest BCUT2D eigenvalue weighted by Crippen LogP contribution is 2.30. The van der Waals surface area contributed by atoms with Gasteiger partial charge >= 0.3 is 0 Å². The van der Waals surface area contributed by atoms with Crippen LogP contribution >= 0.6 is 0 Å². The molecule has 1 amide bonds. The second kappa shape index (κ2) is 6.56. The average Bonchev–Trinajstić information content (AvgIpc) is 2.59. The number of methoxy groups -OCH3 is 1. The van der Waals surface area contributed by atoms with Gasteiger partial charge in [0.25, 0.3) is 5.91 Å². The maximum absolute atomic E-state index is 13.3. The van der Waals surface area contributed by atoms with Crippen LogP contribution in [0.2, 0.25) is 0 Å². The molecule has 1 atom stereocenters. The molecule has 2 aromatic carbocycles. The van der Waals surface area contributed by atoms with Gasteiger partial charge in [0.05, 0.1) is 19.2 Å². The molecule has 1 aliphatic heterocycles. The van der Waals surface area contributed by atoms with E-state index in [1.54, 1.807) is 6.07 Å². The van der Waals surface area contributed by atoms with Crippen molar-refractivity contribution >= 4 is 5.91 Å². The summed E-state index contributed by atoms with van der Waals surface area (Å²) in [5.41, 5.74) is 0.143. The Morgan fingerprint density at radius 1 is 1.30 bits per heavy atom. The summed E-state index contributed by atoms with van der Waals surface area (Å²) in [6, 6.07) is 11.1. The Bertz CT molecular complexity index is 719. The maximum atomic E-state index is 13.3. The third-order valence-electron chi connectivity index (χ3n) is 3.46. The molecule has 0 fully saturated rings. The summed E-state index contributed by atoms with van der Waals surface area (Å²) >= 11 is 0. The lowest BCUT2D eigenvalue weighted by molar-refractivity contribution is 0.0787. The minimum absolute atomic E-state index is 0.143. The van der Waals surface area contributed by atoms with Crippen molar-refractivity contribution in [2.75, 3.05) is 20.3 Å². The molecule has 5 nitrogen and oxygen atoms in total. The van der Waals surface area contributed by atoms with Crippen LogP contribution in [0.15, 0.2) is 42.5 Å². The predicted molar refractivity (Wildman–Crippen MR) is 81.6 cm³/mol. The number of amides is 1. The van der Waals surface area contributed by atoms with Gasteiger partial charge < -0.3 is 19.5 Å². The van der Waals surface area contributed by atoms with E-state index in [0.29, 0.717) is 23.9 Å². The lowest BCUT2D eigenvalue weighted by Crippen LogP contribution is -2.40. The zero-order valence-corrected chi connectivity index (χ0v) is 12.5. The first-order valence-electron chi connectivity index (χ1n) is 7.17. The van der Waals surface area contributed by atoms with E-state index in [1.165, 1.54) is 19.2 Å². The number of benzene rings is 2. The van der Waals surface area contributed by atoms with Crippen LogP contribution in [0.1, 0.15) is 10.4 Å². The van der Waals surface area contributed by atoms with Crippen molar-refractivity contribution in [2.24, 2.45) is 0 Å². The van der Waals surface area contributed by atoms with Crippen molar-refractivity contribution in [2.45, 2.75) is 6.10 Å². The number of carbonyl (C=O) groups is 1. The molecule has 1 N–H and O–H groups in total. The normalized spacial score (nSPS) is 15.8. The van der Waals surface area contributed by atoms with Gasteiger partial charge in [-0.3, -0.25) is 4.79 Å². The van der Waals surface area contributed by atoms with E-state index in [-0.39, 0.29) is 18.2 Å². The number of rotatable bonds is 4. The van der Waals surface area contributed by atoms with E-state index in [9.17, 15) is 9.18 Å². The van der Waals surface area contributed by atoms with Gasteiger partial charge in [-0.2, -0.15) is 0 Å². The predicted octanol–water partition coefficient (Wildman–Crippen LogP) is 2.40. The summed E-state index contributed by atoms with van der Waals surface area (Å²) < 4.78 is 29.7. The summed E-state index contributed by atoms with van der Waals surface area (Å²) in [4.78, 5) is 12.2. The molecule has 23 heavy (non-hydrogen) atoms. The molecule has 6 heteroatoms.